The molecule has 1 atom stereocenters. The van der Waals surface area contributed by atoms with Crippen molar-refractivity contribution < 1.29 is 14.3 Å². The molecule has 4 bridgehead atoms. The lowest BCUT2D eigenvalue weighted by molar-refractivity contribution is -0.131. The molecule has 0 saturated heterocycles. The third-order valence-corrected chi connectivity index (χ3v) is 7.89. The molecule has 2 aromatic rings. The Labute approximate surface area is 206 Å². The third-order valence-electron chi connectivity index (χ3n) is 7.89. The average molecular weight is 475 g/mol. The number of hydrogen-bond donors (Lipinski definition) is 4. The smallest absolute Gasteiger partial charge is 0.408 e. The highest BCUT2D eigenvalue weighted by Crippen LogP contribution is 2.57. The van der Waals surface area contributed by atoms with Crippen LogP contribution in [0.4, 0.5) is 4.79 Å². The van der Waals surface area contributed by atoms with E-state index >= 15 is 0 Å². The van der Waals surface area contributed by atoms with Gasteiger partial charge < -0.3 is 21.1 Å². The van der Waals surface area contributed by atoms with Gasteiger partial charge in [-0.2, -0.15) is 0 Å². The van der Waals surface area contributed by atoms with Gasteiger partial charge in [0.1, 0.15) is 17.5 Å². The maximum absolute atomic E-state index is 13.2. The lowest BCUT2D eigenvalue weighted by Gasteiger charge is -2.55. The van der Waals surface area contributed by atoms with E-state index in [1.165, 1.54) is 19.3 Å². The number of hydrogen-bond acceptors (Lipinski definition) is 4. The van der Waals surface area contributed by atoms with E-state index in [1.54, 1.807) is 18.2 Å². The van der Waals surface area contributed by atoms with Crippen molar-refractivity contribution in [2.24, 2.45) is 23.5 Å². The predicted octanol–water partition coefficient (Wildman–Crippen LogP) is 3.89. The average Bonchev–Trinajstić information content (AvgIpc) is 2.81. The van der Waals surface area contributed by atoms with Crippen molar-refractivity contribution in [2.75, 3.05) is 0 Å². The van der Waals surface area contributed by atoms with Gasteiger partial charge >= 0.3 is 6.09 Å². The highest BCUT2D eigenvalue weighted by atomic mass is 16.6. The summed E-state index contributed by atoms with van der Waals surface area (Å²) in [4.78, 5) is 26.3. The van der Waals surface area contributed by atoms with Crippen LogP contribution in [0.1, 0.15) is 55.2 Å². The molecule has 6 rings (SSSR count). The van der Waals surface area contributed by atoms with Crippen LogP contribution in [-0.2, 0) is 22.5 Å². The van der Waals surface area contributed by atoms with E-state index in [1.807, 2.05) is 36.4 Å². The number of ether oxygens (including phenoxy) is 1. The van der Waals surface area contributed by atoms with Crippen molar-refractivity contribution in [1.29, 1.82) is 5.41 Å². The fourth-order valence-corrected chi connectivity index (χ4v) is 6.74. The predicted molar refractivity (Wildman–Crippen MR) is 134 cm³/mol. The number of alkyl carbamates (subject to hydrolysis) is 1. The zero-order valence-electron chi connectivity index (χ0n) is 20.0. The minimum Gasteiger partial charge on any atom is -0.443 e. The normalized spacial score (nSPS) is 27.1. The van der Waals surface area contributed by atoms with Crippen LogP contribution in [0.2, 0.25) is 0 Å². The van der Waals surface area contributed by atoms with Gasteiger partial charge in [-0.3, -0.25) is 10.2 Å². The molecule has 4 aliphatic carbocycles. The molecule has 184 valence electrons. The van der Waals surface area contributed by atoms with Gasteiger partial charge in [0, 0.05) is 18.5 Å². The van der Waals surface area contributed by atoms with Crippen LogP contribution in [0, 0.1) is 23.2 Å². The Hall–Kier alpha value is -3.35. The Kier molecular flexibility index (Phi) is 6.50. The highest BCUT2D eigenvalue weighted by molar-refractivity contribution is 5.95. The van der Waals surface area contributed by atoms with Crippen molar-refractivity contribution in [3.8, 4) is 0 Å². The lowest BCUT2D eigenvalue weighted by atomic mass is 9.54. The molecule has 5 N–H and O–H groups in total. The first kappa shape index (κ1) is 23.4. The molecule has 7 heteroatoms. The number of amidine groups is 1. The second-order valence-electron chi connectivity index (χ2n) is 10.7. The van der Waals surface area contributed by atoms with Gasteiger partial charge in [0.15, 0.2) is 0 Å². The standard InChI is InChI=1S/C28H34N4O3/c29-25(30)23-8-4-7-19(12-23)13-24(26(33)31-17-18-5-2-1-3-6-18)32-27(34)35-28-14-20-9-21(15-28)11-22(10-20)16-28/h1-8,12,20-22,24H,9-11,13-17H2,(H3,29,30)(H,31,33)(H,32,34)/t20?,21?,22?,24-,28?/m0/s1. The minimum absolute atomic E-state index is 0.0360. The Bertz CT molecular complexity index is 1070. The number of nitrogen functional groups attached to an aromatic ring is 1. The molecule has 0 aromatic heterocycles. The summed E-state index contributed by atoms with van der Waals surface area (Å²) in [5, 5.41) is 13.5. The number of nitrogens with one attached hydrogen (secondary N) is 3. The number of rotatable bonds is 8. The molecule has 0 radical (unpaired) electrons. The van der Waals surface area contributed by atoms with Crippen molar-refractivity contribution in [3.63, 3.8) is 0 Å². The van der Waals surface area contributed by atoms with Gasteiger partial charge in [-0.05, 0) is 73.5 Å². The molecule has 0 unspecified atom stereocenters. The van der Waals surface area contributed by atoms with Gasteiger partial charge in [-0.1, -0.05) is 48.5 Å². The Morgan fingerprint density at radius 2 is 1.60 bits per heavy atom. The van der Waals surface area contributed by atoms with Crippen molar-refractivity contribution in [3.05, 3.63) is 71.3 Å². The summed E-state index contributed by atoms with van der Waals surface area (Å²) < 4.78 is 6.11. The summed E-state index contributed by atoms with van der Waals surface area (Å²) in [7, 11) is 0. The molecule has 2 amide bonds. The molecule has 4 fully saturated rings. The number of carbonyl (C=O) groups is 2. The highest BCUT2D eigenvalue weighted by Gasteiger charge is 2.53. The number of carbonyl (C=O) groups excluding carboxylic acids is 2. The molecule has 4 aliphatic rings. The Balaban J connectivity index is 1.28. The van der Waals surface area contributed by atoms with Crippen molar-refractivity contribution >= 4 is 17.8 Å². The van der Waals surface area contributed by atoms with Crippen LogP contribution >= 0.6 is 0 Å². The maximum Gasteiger partial charge on any atom is 0.408 e. The zero-order valence-corrected chi connectivity index (χ0v) is 20.0. The van der Waals surface area contributed by atoms with E-state index < -0.39 is 12.1 Å². The third kappa shape index (κ3) is 5.50. The van der Waals surface area contributed by atoms with Crippen molar-refractivity contribution in [1.82, 2.24) is 10.6 Å². The summed E-state index contributed by atoms with van der Waals surface area (Å²) in [5.41, 5.74) is 7.65. The van der Waals surface area contributed by atoms with Crippen LogP contribution in [0.3, 0.4) is 0 Å². The summed E-state index contributed by atoms with van der Waals surface area (Å²) >= 11 is 0. The zero-order chi connectivity index (χ0) is 24.4. The van der Waals surface area contributed by atoms with Crippen molar-refractivity contribution in [2.45, 2.75) is 63.1 Å². The van der Waals surface area contributed by atoms with Crippen LogP contribution in [0.15, 0.2) is 54.6 Å². The van der Waals surface area contributed by atoms with E-state index in [0.717, 1.165) is 30.4 Å². The van der Waals surface area contributed by atoms with E-state index in [0.29, 0.717) is 29.9 Å². The second-order valence-corrected chi connectivity index (χ2v) is 10.7. The second kappa shape index (κ2) is 9.72. The number of benzene rings is 2. The van der Waals surface area contributed by atoms with E-state index in [4.69, 9.17) is 15.9 Å². The summed E-state index contributed by atoms with van der Waals surface area (Å²) in [5.74, 6) is 1.67. The SMILES string of the molecule is N=C(N)c1cccc(C[C@H](NC(=O)OC23CC4CC(CC(C4)C2)C3)C(=O)NCc2ccccc2)c1. The first-order valence-corrected chi connectivity index (χ1v) is 12.6. The van der Waals surface area contributed by atoms with Gasteiger partial charge in [0.05, 0.1) is 0 Å². The van der Waals surface area contributed by atoms with Gasteiger partial charge in [0.2, 0.25) is 5.91 Å². The molecule has 0 aliphatic heterocycles. The van der Waals surface area contributed by atoms with Crippen LogP contribution in [-0.4, -0.2) is 29.5 Å². The van der Waals surface area contributed by atoms with Gasteiger partial charge in [-0.25, -0.2) is 4.79 Å². The van der Waals surface area contributed by atoms with E-state index in [9.17, 15) is 9.59 Å². The Morgan fingerprint density at radius 1 is 0.971 bits per heavy atom. The first-order valence-electron chi connectivity index (χ1n) is 12.6. The number of amides is 2. The quantitative estimate of drug-likeness (QED) is 0.343. The largest absolute Gasteiger partial charge is 0.443 e. The molecule has 35 heavy (non-hydrogen) atoms. The molecule has 4 saturated carbocycles. The molecular weight excluding hydrogens is 440 g/mol. The fraction of sp³-hybridized carbons (Fsp3) is 0.464. The molecule has 7 nitrogen and oxygen atoms in total. The number of nitrogens with two attached hydrogens (primary N) is 1. The maximum atomic E-state index is 13.2. The monoisotopic (exact) mass is 474 g/mol. The lowest BCUT2D eigenvalue weighted by Crippen LogP contribution is -2.55. The summed E-state index contributed by atoms with van der Waals surface area (Å²) in [6.45, 7) is 0.370. The Morgan fingerprint density at radius 3 is 2.23 bits per heavy atom. The minimum atomic E-state index is -0.803. The van der Waals surface area contributed by atoms with Crippen LogP contribution in [0.25, 0.3) is 0 Å². The van der Waals surface area contributed by atoms with Crippen LogP contribution < -0.4 is 16.4 Å². The fourth-order valence-electron chi connectivity index (χ4n) is 6.74. The van der Waals surface area contributed by atoms with Crippen LogP contribution in [0.5, 0.6) is 0 Å². The molecular formula is C28H34N4O3. The molecule has 0 heterocycles. The molecule has 0 spiro atoms. The summed E-state index contributed by atoms with van der Waals surface area (Å²) in [6, 6.07) is 16.1. The van der Waals surface area contributed by atoms with Gasteiger partial charge in [-0.15, -0.1) is 0 Å². The van der Waals surface area contributed by atoms with Gasteiger partial charge in [0.25, 0.3) is 0 Å². The van der Waals surface area contributed by atoms with E-state index in [-0.39, 0.29) is 23.8 Å². The summed E-state index contributed by atoms with van der Waals surface area (Å²) in [6.07, 6.45) is 6.38. The molecule has 2 aromatic carbocycles. The topological polar surface area (TPSA) is 117 Å². The first-order chi connectivity index (χ1) is 16.9. The van der Waals surface area contributed by atoms with E-state index in [2.05, 4.69) is 10.6 Å².